The first-order valence-corrected chi connectivity index (χ1v) is 11.6. The van der Waals surface area contributed by atoms with Crippen molar-refractivity contribution in [2.45, 2.75) is 45.0 Å². The van der Waals surface area contributed by atoms with Gasteiger partial charge in [0.25, 0.3) is 0 Å². The van der Waals surface area contributed by atoms with E-state index in [1.807, 2.05) is 36.4 Å². The molecule has 0 saturated carbocycles. The molecule has 0 saturated heterocycles. The number of hydrogen-bond donors (Lipinski definition) is 0. The lowest BCUT2D eigenvalue weighted by Gasteiger charge is -2.26. The van der Waals surface area contributed by atoms with E-state index in [1.54, 1.807) is 0 Å². The van der Waals surface area contributed by atoms with Crippen molar-refractivity contribution in [3.8, 4) is 0 Å². The highest BCUT2D eigenvalue weighted by atomic mass is 28.4. The fraction of sp³-hybridized carbons (Fsp3) is 0.350. The van der Waals surface area contributed by atoms with E-state index in [0.29, 0.717) is 6.42 Å². The van der Waals surface area contributed by atoms with Gasteiger partial charge in [0.1, 0.15) is 0 Å². The van der Waals surface area contributed by atoms with Gasteiger partial charge in [-0.25, -0.2) is 0 Å². The molecular weight excluding hydrogens is 300 g/mol. The summed E-state index contributed by atoms with van der Waals surface area (Å²) in [7, 11) is -1.68. The number of benzene rings is 2. The molecule has 3 heteroatoms. The maximum atomic E-state index is 12.5. The summed E-state index contributed by atoms with van der Waals surface area (Å²) in [5, 5.41) is 0. The van der Waals surface area contributed by atoms with Gasteiger partial charge in [-0.3, -0.25) is 4.79 Å². The summed E-state index contributed by atoms with van der Waals surface area (Å²) in [6.07, 6.45) is 2.28. The fourth-order valence-electron chi connectivity index (χ4n) is 2.62. The number of rotatable bonds is 8. The Morgan fingerprint density at radius 1 is 0.957 bits per heavy atom. The molecule has 0 fully saturated rings. The van der Waals surface area contributed by atoms with Crippen molar-refractivity contribution in [2.24, 2.45) is 0 Å². The molecule has 0 aliphatic rings. The smallest absolute Gasteiger partial charge is 0.184 e. The van der Waals surface area contributed by atoms with Crippen LogP contribution in [0.15, 0.2) is 60.7 Å². The molecule has 2 nitrogen and oxygen atoms in total. The number of carbonyl (C=O) groups excluding carboxylic acids is 1. The monoisotopic (exact) mass is 326 g/mol. The minimum atomic E-state index is -1.68. The summed E-state index contributed by atoms with van der Waals surface area (Å²) in [6, 6.07) is 19.9. The molecule has 122 valence electrons. The summed E-state index contributed by atoms with van der Waals surface area (Å²) in [4.78, 5) is 12.5. The van der Waals surface area contributed by atoms with Crippen LogP contribution in [0.5, 0.6) is 0 Å². The van der Waals surface area contributed by atoms with Crippen LogP contribution < -0.4 is 0 Å². The van der Waals surface area contributed by atoms with Crippen LogP contribution in [0.1, 0.15) is 28.8 Å². The lowest BCUT2D eigenvalue weighted by Crippen LogP contribution is -2.33. The summed E-state index contributed by atoms with van der Waals surface area (Å²) in [5.41, 5.74) is 2.07. The predicted octanol–water partition coefficient (Wildman–Crippen LogP) is 5.11. The van der Waals surface area contributed by atoms with E-state index in [9.17, 15) is 4.79 Å². The van der Waals surface area contributed by atoms with E-state index >= 15 is 0 Å². The second-order valence-corrected chi connectivity index (χ2v) is 11.3. The van der Waals surface area contributed by atoms with Gasteiger partial charge in [0.15, 0.2) is 14.1 Å². The Kier molecular flexibility index (Phi) is 6.31. The third-order valence-electron chi connectivity index (χ3n) is 3.63. The number of aryl methyl sites for hydroxylation is 1. The minimum Gasteiger partial charge on any atom is -0.414 e. The number of carbonyl (C=O) groups is 1. The van der Waals surface area contributed by atoms with Crippen molar-refractivity contribution in [1.82, 2.24) is 0 Å². The van der Waals surface area contributed by atoms with Crippen LogP contribution in [0.25, 0.3) is 0 Å². The van der Waals surface area contributed by atoms with E-state index in [-0.39, 0.29) is 11.9 Å². The molecule has 0 radical (unpaired) electrons. The third-order valence-corrected chi connectivity index (χ3v) is 4.67. The van der Waals surface area contributed by atoms with E-state index in [1.165, 1.54) is 5.56 Å². The quantitative estimate of drug-likeness (QED) is 0.497. The fourth-order valence-corrected chi connectivity index (χ4v) is 3.82. The Balaban J connectivity index is 2.00. The van der Waals surface area contributed by atoms with Crippen molar-refractivity contribution in [3.05, 3.63) is 71.8 Å². The summed E-state index contributed by atoms with van der Waals surface area (Å²) in [6.45, 7) is 6.53. The normalized spacial score (nSPS) is 12.8. The van der Waals surface area contributed by atoms with Crippen LogP contribution in [0.4, 0.5) is 0 Å². The summed E-state index contributed by atoms with van der Waals surface area (Å²) in [5.74, 6) is 0.168. The van der Waals surface area contributed by atoms with Gasteiger partial charge in [-0.1, -0.05) is 60.7 Å². The van der Waals surface area contributed by atoms with Gasteiger partial charge in [-0.2, -0.15) is 0 Å². The molecule has 2 rings (SSSR count). The molecule has 0 aliphatic carbocycles. The molecule has 0 heterocycles. The summed E-state index contributed by atoms with van der Waals surface area (Å²) < 4.78 is 6.27. The van der Waals surface area contributed by atoms with Crippen molar-refractivity contribution in [3.63, 3.8) is 0 Å². The Hall–Kier alpha value is -1.71. The van der Waals surface area contributed by atoms with Crippen LogP contribution >= 0.6 is 0 Å². The number of hydrogen-bond acceptors (Lipinski definition) is 2. The average Bonchev–Trinajstić information content (AvgIpc) is 2.53. The number of Topliss-reactive ketones (excluding diaryl/α,β-unsaturated/α-hetero) is 1. The van der Waals surface area contributed by atoms with Crippen LogP contribution in [0.3, 0.4) is 0 Å². The lowest BCUT2D eigenvalue weighted by atomic mass is 10.0. The van der Waals surface area contributed by atoms with Crippen molar-refractivity contribution < 1.29 is 9.22 Å². The zero-order chi connectivity index (χ0) is 16.7. The van der Waals surface area contributed by atoms with Gasteiger partial charge >= 0.3 is 0 Å². The Labute approximate surface area is 140 Å². The van der Waals surface area contributed by atoms with Crippen LogP contribution in [-0.4, -0.2) is 20.2 Å². The third kappa shape index (κ3) is 6.51. The molecule has 0 bridgehead atoms. The topological polar surface area (TPSA) is 26.3 Å². The molecule has 0 spiro atoms. The van der Waals surface area contributed by atoms with E-state index < -0.39 is 8.32 Å². The van der Waals surface area contributed by atoms with E-state index in [4.69, 9.17) is 4.43 Å². The molecule has 0 aromatic heterocycles. The highest BCUT2D eigenvalue weighted by Gasteiger charge is 2.23. The molecule has 1 atom stereocenters. The maximum Gasteiger partial charge on any atom is 0.184 e. The number of ketones is 1. The lowest BCUT2D eigenvalue weighted by molar-refractivity contribution is 0.0892. The molecule has 0 N–H and O–H groups in total. The van der Waals surface area contributed by atoms with Crippen molar-refractivity contribution >= 4 is 14.1 Å². The predicted molar refractivity (Wildman–Crippen MR) is 98.4 cm³/mol. The van der Waals surface area contributed by atoms with Gasteiger partial charge in [0.05, 0.1) is 6.10 Å². The Morgan fingerprint density at radius 3 is 2.09 bits per heavy atom. The van der Waals surface area contributed by atoms with Crippen LogP contribution in [0.2, 0.25) is 19.6 Å². The van der Waals surface area contributed by atoms with Gasteiger partial charge in [0.2, 0.25) is 0 Å². The standard InChI is InChI=1S/C20H26O2Si/c1-23(2,3)22-19(15-14-17-10-6-4-7-11-17)16-20(21)18-12-8-5-9-13-18/h4-13,19H,14-16H2,1-3H3. The maximum absolute atomic E-state index is 12.5. The molecule has 0 aliphatic heterocycles. The van der Waals surface area contributed by atoms with Crippen LogP contribution in [0, 0.1) is 0 Å². The van der Waals surface area contributed by atoms with Gasteiger partial charge in [0, 0.05) is 12.0 Å². The zero-order valence-electron chi connectivity index (χ0n) is 14.3. The molecule has 1 unspecified atom stereocenters. The van der Waals surface area contributed by atoms with Gasteiger partial charge in [-0.15, -0.1) is 0 Å². The summed E-state index contributed by atoms with van der Waals surface area (Å²) >= 11 is 0. The Bertz CT molecular complexity index is 603. The SMILES string of the molecule is C[Si](C)(C)OC(CCc1ccccc1)CC(=O)c1ccccc1. The second kappa shape index (κ2) is 8.23. The van der Waals surface area contributed by atoms with Crippen LogP contribution in [-0.2, 0) is 10.8 Å². The van der Waals surface area contributed by atoms with Gasteiger partial charge in [-0.05, 0) is 38.0 Å². The van der Waals surface area contributed by atoms with Gasteiger partial charge < -0.3 is 4.43 Å². The molecule has 23 heavy (non-hydrogen) atoms. The second-order valence-electron chi connectivity index (χ2n) is 6.87. The zero-order valence-corrected chi connectivity index (χ0v) is 15.3. The minimum absolute atomic E-state index is 0.00502. The molecule has 0 amide bonds. The molecule has 2 aromatic carbocycles. The van der Waals surface area contributed by atoms with E-state index in [2.05, 4.69) is 43.9 Å². The first-order valence-electron chi connectivity index (χ1n) is 8.24. The molecule has 2 aromatic rings. The van der Waals surface area contributed by atoms with Crippen molar-refractivity contribution in [2.75, 3.05) is 0 Å². The van der Waals surface area contributed by atoms with Crippen molar-refractivity contribution in [1.29, 1.82) is 0 Å². The first-order chi connectivity index (χ1) is 10.9. The molecular formula is C20H26O2Si. The Morgan fingerprint density at radius 2 is 1.52 bits per heavy atom. The largest absolute Gasteiger partial charge is 0.414 e. The first kappa shape index (κ1) is 17.6. The average molecular weight is 327 g/mol. The van der Waals surface area contributed by atoms with E-state index in [0.717, 1.165) is 18.4 Å². The highest BCUT2D eigenvalue weighted by Crippen LogP contribution is 2.18. The highest BCUT2D eigenvalue weighted by molar-refractivity contribution is 6.69.